The zero-order chi connectivity index (χ0) is 10.3. The van der Waals surface area contributed by atoms with Crippen LogP contribution in [0.5, 0.6) is 0 Å². The molecular weight excluding hydrogens is 164 g/mol. The fraction of sp³-hybridized carbons (Fsp3) is 0.700. The molecule has 0 spiro atoms. The van der Waals surface area contributed by atoms with Crippen LogP contribution in [0.25, 0.3) is 0 Å². The van der Waals surface area contributed by atoms with Crippen LogP contribution in [0.1, 0.15) is 33.6 Å². The van der Waals surface area contributed by atoms with Crippen molar-refractivity contribution in [2.75, 3.05) is 13.1 Å². The van der Waals surface area contributed by atoms with E-state index in [0.29, 0.717) is 5.57 Å². The first-order chi connectivity index (χ1) is 6.13. The molecule has 0 fully saturated rings. The number of amides is 1. The van der Waals surface area contributed by atoms with Gasteiger partial charge in [0.2, 0.25) is 0 Å². The van der Waals surface area contributed by atoms with Gasteiger partial charge in [0.15, 0.2) is 0 Å². The predicted octanol–water partition coefficient (Wildman–Crippen LogP) is 1.72. The zero-order valence-corrected chi connectivity index (χ0v) is 8.89. The summed E-state index contributed by atoms with van der Waals surface area (Å²) in [6.07, 6.45) is 2.11. The van der Waals surface area contributed by atoms with Gasteiger partial charge in [0.25, 0.3) is 5.91 Å². The third-order valence-electron chi connectivity index (χ3n) is 1.69. The lowest BCUT2D eigenvalue weighted by Crippen LogP contribution is -2.43. The van der Waals surface area contributed by atoms with Crippen LogP contribution < -0.4 is 5.43 Å². The van der Waals surface area contributed by atoms with Crippen LogP contribution >= 0.6 is 0 Å². The van der Waals surface area contributed by atoms with Crippen LogP contribution in [0.4, 0.5) is 0 Å². The summed E-state index contributed by atoms with van der Waals surface area (Å²) in [5.41, 5.74) is 3.60. The van der Waals surface area contributed by atoms with Gasteiger partial charge in [-0.15, -0.1) is 0 Å². The van der Waals surface area contributed by atoms with Crippen molar-refractivity contribution >= 4 is 5.91 Å². The highest BCUT2D eigenvalue weighted by Gasteiger charge is 2.11. The third kappa shape index (κ3) is 4.68. The highest BCUT2D eigenvalue weighted by Crippen LogP contribution is 1.98. The Morgan fingerprint density at radius 3 is 2.46 bits per heavy atom. The van der Waals surface area contributed by atoms with Crippen LogP contribution in [0, 0.1) is 0 Å². The molecule has 0 aliphatic carbocycles. The smallest absolute Gasteiger partial charge is 0.262 e. The van der Waals surface area contributed by atoms with Crippen molar-refractivity contribution in [3.8, 4) is 0 Å². The average molecular weight is 184 g/mol. The minimum atomic E-state index is -0.00435. The Hall–Kier alpha value is -0.830. The molecule has 0 aliphatic rings. The summed E-state index contributed by atoms with van der Waals surface area (Å²) < 4.78 is 0. The van der Waals surface area contributed by atoms with E-state index in [1.54, 1.807) is 11.9 Å². The molecule has 76 valence electrons. The van der Waals surface area contributed by atoms with E-state index in [-0.39, 0.29) is 5.91 Å². The zero-order valence-electron chi connectivity index (χ0n) is 8.89. The lowest BCUT2D eigenvalue weighted by Gasteiger charge is -2.22. The van der Waals surface area contributed by atoms with Crippen LogP contribution in [-0.2, 0) is 4.79 Å². The number of unbranched alkanes of at least 4 members (excludes halogenated alkanes) is 1. The Bertz CT molecular complexity index is 178. The molecule has 0 rings (SSSR count). The van der Waals surface area contributed by atoms with Gasteiger partial charge >= 0.3 is 0 Å². The minimum absolute atomic E-state index is 0.00435. The monoisotopic (exact) mass is 184 g/mol. The van der Waals surface area contributed by atoms with E-state index in [1.165, 1.54) is 0 Å². The molecule has 0 aromatic carbocycles. The van der Waals surface area contributed by atoms with Crippen molar-refractivity contribution in [1.29, 1.82) is 0 Å². The highest BCUT2D eigenvalue weighted by molar-refractivity contribution is 5.91. The van der Waals surface area contributed by atoms with Crippen LogP contribution in [0.15, 0.2) is 12.2 Å². The van der Waals surface area contributed by atoms with Crippen molar-refractivity contribution < 1.29 is 4.79 Å². The fourth-order valence-electron chi connectivity index (χ4n) is 0.990. The number of carbonyl (C=O) groups excluding carboxylic acids is 1. The normalized spacial score (nSPS) is 9.77. The summed E-state index contributed by atoms with van der Waals surface area (Å²) in [5, 5.41) is 1.64. The van der Waals surface area contributed by atoms with Crippen molar-refractivity contribution in [3.63, 3.8) is 0 Å². The molecule has 0 atom stereocenters. The van der Waals surface area contributed by atoms with Gasteiger partial charge < -0.3 is 0 Å². The molecule has 0 saturated carbocycles. The first kappa shape index (κ1) is 12.2. The van der Waals surface area contributed by atoms with Crippen molar-refractivity contribution in [1.82, 2.24) is 10.4 Å². The molecule has 3 heteroatoms. The van der Waals surface area contributed by atoms with Gasteiger partial charge in [-0.25, -0.2) is 5.43 Å². The van der Waals surface area contributed by atoms with Crippen molar-refractivity contribution in [3.05, 3.63) is 12.2 Å². The minimum Gasteiger partial charge on any atom is -0.274 e. The van der Waals surface area contributed by atoms with Gasteiger partial charge in [-0.1, -0.05) is 26.8 Å². The predicted molar refractivity (Wildman–Crippen MR) is 55.1 cm³/mol. The van der Waals surface area contributed by atoms with Crippen LogP contribution in [-0.4, -0.2) is 24.0 Å². The van der Waals surface area contributed by atoms with E-state index >= 15 is 0 Å². The summed E-state index contributed by atoms with van der Waals surface area (Å²) in [4.78, 5) is 11.5. The van der Waals surface area contributed by atoms with E-state index in [9.17, 15) is 4.79 Å². The Balaban J connectivity index is 4.06. The van der Waals surface area contributed by atoms with Crippen LogP contribution in [0.2, 0.25) is 0 Å². The molecule has 0 unspecified atom stereocenters. The second-order valence-electron chi connectivity index (χ2n) is 3.10. The highest BCUT2D eigenvalue weighted by atomic mass is 16.2. The summed E-state index contributed by atoms with van der Waals surface area (Å²) in [6.45, 7) is 11.0. The molecule has 0 aliphatic heterocycles. The molecular formula is C10H20N2O. The van der Waals surface area contributed by atoms with Gasteiger partial charge in [0, 0.05) is 18.7 Å². The number of carbonyl (C=O) groups is 1. The SMILES string of the molecule is C=C(C)C(=O)N(CCCC)NCC. The molecule has 0 radical (unpaired) electrons. The fourth-order valence-corrected chi connectivity index (χ4v) is 0.990. The molecule has 1 amide bonds. The molecule has 3 nitrogen and oxygen atoms in total. The van der Waals surface area contributed by atoms with Gasteiger partial charge in [-0.3, -0.25) is 9.80 Å². The number of nitrogens with zero attached hydrogens (tertiary/aromatic N) is 1. The summed E-state index contributed by atoms with van der Waals surface area (Å²) >= 11 is 0. The molecule has 0 aromatic heterocycles. The maximum atomic E-state index is 11.5. The molecule has 0 bridgehead atoms. The van der Waals surface area contributed by atoms with Gasteiger partial charge in [0.1, 0.15) is 0 Å². The number of hydrazine groups is 1. The van der Waals surface area contributed by atoms with Gasteiger partial charge in [0.05, 0.1) is 0 Å². The number of hydrogen-bond acceptors (Lipinski definition) is 2. The average Bonchev–Trinajstić information content (AvgIpc) is 2.11. The Labute approximate surface area is 80.8 Å². The largest absolute Gasteiger partial charge is 0.274 e. The molecule has 0 aromatic rings. The van der Waals surface area contributed by atoms with E-state index in [2.05, 4.69) is 18.9 Å². The second-order valence-corrected chi connectivity index (χ2v) is 3.10. The lowest BCUT2D eigenvalue weighted by molar-refractivity contribution is -0.130. The number of rotatable bonds is 6. The Kier molecular flexibility index (Phi) is 6.24. The van der Waals surface area contributed by atoms with Crippen LogP contribution in [0.3, 0.4) is 0 Å². The Morgan fingerprint density at radius 1 is 1.46 bits per heavy atom. The maximum absolute atomic E-state index is 11.5. The number of nitrogens with one attached hydrogen (secondary N) is 1. The van der Waals surface area contributed by atoms with E-state index in [4.69, 9.17) is 0 Å². The van der Waals surface area contributed by atoms with Gasteiger partial charge in [-0.05, 0) is 13.3 Å². The quantitative estimate of drug-likeness (QED) is 0.503. The third-order valence-corrected chi connectivity index (χ3v) is 1.69. The first-order valence-corrected chi connectivity index (χ1v) is 4.84. The van der Waals surface area contributed by atoms with Crippen molar-refractivity contribution in [2.45, 2.75) is 33.6 Å². The van der Waals surface area contributed by atoms with Crippen molar-refractivity contribution in [2.24, 2.45) is 0 Å². The maximum Gasteiger partial charge on any atom is 0.262 e. The molecule has 0 saturated heterocycles. The van der Waals surface area contributed by atoms with E-state index in [0.717, 1.165) is 25.9 Å². The number of hydrogen-bond donors (Lipinski definition) is 1. The standard InChI is InChI=1S/C10H20N2O/c1-5-7-8-12(11-6-2)10(13)9(3)4/h11H,3,5-8H2,1-2,4H3. The molecule has 0 heterocycles. The van der Waals surface area contributed by atoms with E-state index < -0.39 is 0 Å². The topological polar surface area (TPSA) is 32.3 Å². The molecule has 1 N–H and O–H groups in total. The van der Waals surface area contributed by atoms with E-state index in [1.807, 2.05) is 6.92 Å². The lowest BCUT2D eigenvalue weighted by atomic mass is 10.3. The first-order valence-electron chi connectivity index (χ1n) is 4.84. The summed E-state index contributed by atoms with van der Waals surface area (Å²) in [5.74, 6) is -0.00435. The summed E-state index contributed by atoms with van der Waals surface area (Å²) in [7, 11) is 0. The Morgan fingerprint density at radius 2 is 2.08 bits per heavy atom. The summed E-state index contributed by atoms with van der Waals surface area (Å²) in [6, 6.07) is 0. The second kappa shape index (κ2) is 6.66. The van der Waals surface area contributed by atoms with Gasteiger partial charge in [-0.2, -0.15) is 0 Å². The molecule has 13 heavy (non-hydrogen) atoms.